The molecule has 0 bridgehead atoms. The summed E-state index contributed by atoms with van der Waals surface area (Å²) in [5, 5.41) is 7.56. The van der Waals surface area contributed by atoms with Crippen LogP contribution in [0.4, 0.5) is 5.69 Å². The Morgan fingerprint density at radius 2 is 2.19 bits per heavy atom. The molecule has 3 N–H and O–H groups in total. The smallest absolute Gasteiger partial charge is 0.124 e. The maximum Gasteiger partial charge on any atom is 0.124 e. The number of nitrogens with one attached hydrogen (secondary N) is 1. The molecule has 0 aliphatic heterocycles. The summed E-state index contributed by atoms with van der Waals surface area (Å²) in [7, 11) is 2.04. The van der Waals surface area contributed by atoms with Gasteiger partial charge in [0.2, 0.25) is 0 Å². The summed E-state index contributed by atoms with van der Waals surface area (Å²) in [6.07, 6.45) is 2.09. The van der Waals surface area contributed by atoms with E-state index in [1.807, 2.05) is 30.9 Å². The van der Waals surface area contributed by atoms with Crippen molar-refractivity contribution in [3.63, 3.8) is 0 Å². The van der Waals surface area contributed by atoms with Crippen molar-refractivity contribution in [2.24, 2.45) is 5.73 Å². The molecule has 0 saturated heterocycles. The molecule has 3 nitrogen and oxygen atoms in total. The van der Waals surface area contributed by atoms with Crippen molar-refractivity contribution in [3.05, 3.63) is 29.3 Å². The Labute approximate surface area is 102 Å². The van der Waals surface area contributed by atoms with Gasteiger partial charge in [0.25, 0.3) is 0 Å². The standard InChI is InChI=1S/C12H19N3S/c1-9-4-5-10(12(13)14)11(8-9)15(2)6-7-16-3/h4-5,8H,6-7H2,1-3H3,(H3,13,14). The van der Waals surface area contributed by atoms with E-state index in [1.165, 1.54) is 5.56 Å². The minimum atomic E-state index is 0.131. The number of aryl methyl sites for hydroxylation is 1. The maximum absolute atomic E-state index is 7.56. The molecular weight excluding hydrogens is 218 g/mol. The minimum absolute atomic E-state index is 0.131. The molecule has 0 radical (unpaired) electrons. The molecule has 1 aromatic rings. The third-order valence-corrected chi connectivity index (χ3v) is 3.08. The number of thioether (sulfide) groups is 1. The number of hydrogen-bond donors (Lipinski definition) is 2. The van der Waals surface area contributed by atoms with E-state index in [0.717, 1.165) is 23.5 Å². The summed E-state index contributed by atoms with van der Waals surface area (Å²) in [6.45, 7) is 3.01. The van der Waals surface area contributed by atoms with Gasteiger partial charge >= 0.3 is 0 Å². The van der Waals surface area contributed by atoms with Crippen LogP contribution in [0.5, 0.6) is 0 Å². The Balaban J connectivity index is 2.99. The third kappa shape index (κ3) is 3.17. The molecule has 4 heteroatoms. The van der Waals surface area contributed by atoms with E-state index in [2.05, 4.69) is 24.1 Å². The summed E-state index contributed by atoms with van der Waals surface area (Å²) in [6, 6.07) is 5.99. The van der Waals surface area contributed by atoms with Gasteiger partial charge in [-0.15, -0.1) is 0 Å². The lowest BCUT2D eigenvalue weighted by Crippen LogP contribution is -2.24. The highest BCUT2D eigenvalue weighted by Crippen LogP contribution is 2.21. The zero-order valence-electron chi connectivity index (χ0n) is 10.1. The molecule has 88 valence electrons. The second-order valence-corrected chi connectivity index (χ2v) is 4.83. The van der Waals surface area contributed by atoms with Crippen LogP contribution in [0.25, 0.3) is 0 Å². The Morgan fingerprint density at radius 1 is 1.50 bits per heavy atom. The van der Waals surface area contributed by atoms with Crippen LogP contribution in [0, 0.1) is 12.3 Å². The highest BCUT2D eigenvalue weighted by molar-refractivity contribution is 7.98. The van der Waals surface area contributed by atoms with Crippen LogP contribution in [0.3, 0.4) is 0 Å². The van der Waals surface area contributed by atoms with Crippen LogP contribution >= 0.6 is 11.8 Å². The van der Waals surface area contributed by atoms with E-state index >= 15 is 0 Å². The van der Waals surface area contributed by atoms with Crippen LogP contribution in [0.1, 0.15) is 11.1 Å². The minimum Gasteiger partial charge on any atom is -0.384 e. The Morgan fingerprint density at radius 3 is 2.75 bits per heavy atom. The van der Waals surface area contributed by atoms with Gasteiger partial charge in [-0.1, -0.05) is 6.07 Å². The summed E-state index contributed by atoms with van der Waals surface area (Å²) in [5.74, 6) is 1.20. The number of nitrogens with zero attached hydrogens (tertiary/aromatic N) is 1. The van der Waals surface area contributed by atoms with Gasteiger partial charge in [0.05, 0.1) is 0 Å². The fourth-order valence-electron chi connectivity index (χ4n) is 1.53. The Bertz CT molecular complexity index is 377. The molecule has 1 aromatic carbocycles. The quantitative estimate of drug-likeness (QED) is 0.609. The van der Waals surface area contributed by atoms with E-state index in [9.17, 15) is 0 Å². The van der Waals surface area contributed by atoms with E-state index in [-0.39, 0.29) is 5.84 Å². The van der Waals surface area contributed by atoms with Gasteiger partial charge in [0.1, 0.15) is 5.84 Å². The molecule has 1 rings (SSSR count). The Hall–Kier alpha value is -1.16. The molecule has 16 heavy (non-hydrogen) atoms. The lowest BCUT2D eigenvalue weighted by atomic mass is 10.1. The molecule has 0 aromatic heterocycles. The molecule has 0 fully saturated rings. The fraction of sp³-hybridized carbons (Fsp3) is 0.417. The van der Waals surface area contributed by atoms with Crippen molar-refractivity contribution >= 4 is 23.3 Å². The van der Waals surface area contributed by atoms with E-state index in [0.29, 0.717) is 0 Å². The summed E-state index contributed by atoms with van der Waals surface area (Å²) in [4.78, 5) is 2.15. The first-order valence-corrected chi connectivity index (χ1v) is 6.60. The Kier molecular flexibility index (Phi) is 4.68. The van der Waals surface area contributed by atoms with Gasteiger partial charge < -0.3 is 10.6 Å². The molecule has 0 spiro atoms. The molecule has 0 atom stereocenters. The largest absolute Gasteiger partial charge is 0.384 e. The SMILES string of the molecule is CSCCN(C)c1cc(C)ccc1C(=N)N. The first-order chi connectivity index (χ1) is 7.56. The second kappa shape index (κ2) is 5.80. The lowest BCUT2D eigenvalue weighted by molar-refractivity contribution is 0.974. The number of hydrogen-bond acceptors (Lipinski definition) is 3. The number of rotatable bonds is 5. The average Bonchev–Trinajstić information content (AvgIpc) is 2.25. The van der Waals surface area contributed by atoms with Crippen molar-refractivity contribution in [3.8, 4) is 0 Å². The van der Waals surface area contributed by atoms with Gasteiger partial charge in [-0.3, -0.25) is 5.41 Å². The van der Waals surface area contributed by atoms with Crippen molar-refractivity contribution in [1.82, 2.24) is 0 Å². The number of benzene rings is 1. The van der Waals surface area contributed by atoms with Crippen LogP contribution in [0.2, 0.25) is 0 Å². The molecular formula is C12H19N3S. The van der Waals surface area contributed by atoms with Crippen molar-refractivity contribution in [1.29, 1.82) is 5.41 Å². The highest BCUT2D eigenvalue weighted by atomic mass is 32.2. The monoisotopic (exact) mass is 237 g/mol. The predicted molar refractivity (Wildman–Crippen MR) is 73.8 cm³/mol. The molecule has 0 aliphatic carbocycles. The highest BCUT2D eigenvalue weighted by Gasteiger charge is 2.09. The first kappa shape index (κ1) is 12.9. The van der Waals surface area contributed by atoms with Gasteiger partial charge in [0.15, 0.2) is 0 Å². The fourth-order valence-corrected chi connectivity index (χ4v) is 1.99. The number of nitrogens with two attached hydrogens (primary N) is 1. The van der Waals surface area contributed by atoms with Gasteiger partial charge in [-0.05, 0) is 30.9 Å². The average molecular weight is 237 g/mol. The molecule has 0 aliphatic rings. The molecule has 0 saturated carbocycles. The van der Waals surface area contributed by atoms with E-state index in [1.54, 1.807) is 0 Å². The first-order valence-electron chi connectivity index (χ1n) is 5.21. The zero-order chi connectivity index (χ0) is 12.1. The third-order valence-electron chi connectivity index (χ3n) is 2.49. The van der Waals surface area contributed by atoms with Crippen molar-refractivity contribution in [2.75, 3.05) is 30.5 Å². The second-order valence-electron chi connectivity index (χ2n) is 3.85. The van der Waals surface area contributed by atoms with Crippen LogP contribution in [0.15, 0.2) is 18.2 Å². The van der Waals surface area contributed by atoms with Crippen LogP contribution in [-0.4, -0.2) is 31.4 Å². The topological polar surface area (TPSA) is 53.1 Å². The van der Waals surface area contributed by atoms with Crippen molar-refractivity contribution < 1.29 is 0 Å². The van der Waals surface area contributed by atoms with Gasteiger partial charge in [-0.2, -0.15) is 11.8 Å². The summed E-state index contributed by atoms with van der Waals surface area (Å²) >= 11 is 1.82. The van der Waals surface area contributed by atoms with Crippen molar-refractivity contribution in [2.45, 2.75) is 6.92 Å². The van der Waals surface area contributed by atoms with Gasteiger partial charge in [0, 0.05) is 30.6 Å². The van der Waals surface area contributed by atoms with Crippen LogP contribution < -0.4 is 10.6 Å². The normalized spacial score (nSPS) is 10.2. The maximum atomic E-state index is 7.56. The number of amidine groups is 1. The summed E-state index contributed by atoms with van der Waals surface area (Å²) < 4.78 is 0. The van der Waals surface area contributed by atoms with Gasteiger partial charge in [-0.25, -0.2) is 0 Å². The molecule has 0 amide bonds. The summed E-state index contributed by atoms with van der Waals surface area (Å²) in [5.41, 5.74) is 8.63. The van der Waals surface area contributed by atoms with Crippen LogP contribution in [-0.2, 0) is 0 Å². The molecule has 0 unspecified atom stereocenters. The number of anilines is 1. The van der Waals surface area contributed by atoms with E-state index in [4.69, 9.17) is 11.1 Å². The molecule has 0 heterocycles. The number of nitrogen functional groups attached to an aromatic ring is 1. The van der Waals surface area contributed by atoms with E-state index < -0.39 is 0 Å². The lowest BCUT2D eigenvalue weighted by Gasteiger charge is -2.22. The zero-order valence-corrected chi connectivity index (χ0v) is 10.9. The predicted octanol–water partition coefficient (Wildman–Crippen LogP) is 2.08.